The van der Waals surface area contributed by atoms with Crippen LogP contribution in [0.2, 0.25) is 0 Å². The molecule has 0 spiro atoms. The number of halogens is 3. The molecule has 3 rings (SSSR count). The molecule has 0 bridgehead atoms. The third-order valence-corrected chi connectivity index (χ3v) is 4.39. The van der Waals surface area contributed by atoms with Crippen LogP contribution in [0.25, 0.3) is 5.78 Å². The molecule has 29 heavy (non-hydrogen) atoms. The van der Waals surface area contributed by atoms with Crippen LogP contribution < -0.4 is 5.49 Å². The van der Waals surface area contributed by atoms with E-state index in [0.717, 1.165) is 4.52 Å². The smallest absolute Gasteiger partial charge is 0.274 e. The predicted molar refractivity (Wildman–Crippen MR) is 99.3 cm³/mol. The molecule has 3 aromatic rings. The molecule has 154 valence electrons. The van der Waals surface area contributed by atoms with Crippen molar-refractivity contribution in [2.75, 3.05) is 0 Å². The van der Waals surface area contributed by atoms with Crippen LogP contribution >= 0.6 is 0 Å². The zero-order valence-electron chi connectivity index (χ0n) is 16.5. The summed E-state index contributed by atoms with van der Waals surface area (Å²) in [4.78, 5) is 24.8. The number of aromatic nitrogens is 5. The summed E-state index contributed by atoms with van der Waals surface area (Å²) in [5, 5.41) is 3.53. The highest BCUT2D eigenvalue weighted by Crippen LogP contribution is 2.27. The number of fused-ring (bicyclic) bond motifs is 1. The first-order valence-electron chi connectivity index (χ1n) is 9.12. The minimum Gasteiger partial charge on any atom is -0.274 e. The quantitative estimate of drug-likeness (QED) is 0.667. The van der Waals surface area contributed by atoms with Crippen molar-refractivity contribution in [2.45, 2.75) is 52.8 Å². The van der Waals surface area contributed by atoms with Crippen LogP contribution in [0.5, 0.6) is 0 Å². The Bertz CT molecular complexity index is 1130. The molecular formula is C19H21F3N6O. The summed E-state index contributed by atoms with van der Waals surface area (Å²) in [7, 11) is 0. The molecule has 0 saturated carbocycles. The predicted octanol–water partition coefficient (Wildman–Crippen LogP) is 3.14. The molecule has 0 aromatic carbocycles. The van der Waals surface area contributed by atoms with Crippen LogP contribution in [0.3, 0.4) is 0 Å². The van der Waals surface area contributed by atoms with E-state index in [1.165, 1.54) is 4.57 Å². The molecule has 3 aromatic heterocycles. The second kappa shape index (κ2) is 7.76. The Morgan fingerprint density at radius 2 is 1.93 bits per heavy atom. The molecule has 0 amide bonds. The van der Waals surface area contributed by atoms with Gasteiger partial charge in [0.05, 0.1) is 0 Å². The van der Waals surface area contributed by atoms with Gasteiger partial charge in [-0.05, 0) is 51.8 Å². The van der Waals surface area contributed by atoms with Gasteiger partial charge >= 0.3 is 6.18 Å². The first-order valence-corrected chi connectivity index (χ1v) is 9.12. The van der Waals surface area contributed by atoms with E-state index in [-0.39, 0.29) is 24.1 Å². The largest absolute Gasteiger partial charge is 0.453 e. The Balaban J connectivity index is 1.91. The molecule has 0 atom stereocenters. The average Bonchev–Trinajstić information content (AvgIpc) is 3.06. The lowest BCUT2D eigenvalue weighted by atomic mass is 10.1. The molecule has 0 aliphatic heterocycles. The molecule has 0 saturated heterocycles. The van der Waals surface area contributed by atoms with Gasteiger partial charge in [-0.3, -0.25) is 14.4 Å². The minimum absolute atomic E-state index is 0.0303. The summed E-state index contributed by atoms with van der Waals surface area (Å²) in [5.74, 6) is -1.52. The van der Waals surface area contributed by atoms with Crippen molar-refractivity contribution in [1.29, 1.82) is 0 Å². The number of rotatable bonds is 4. The lowest BCUT2D eigenvalue weighted by molar-refractivity contribution is -0.144. The molecule has 7 nitrogen and oxygen atoms in total. The molecule has 0 N–H and O–H groups in total. The number of aryl methyl sites for hydroxylation is 2. The van der Waals surface area contributed by atoms with Gasteiger partial charge in [-0.1, -0.05) is 6.07 Å². The van der Waals surface area contributed by atoms with Crippen molar-refractivity contribution in [3.8, 4) is 0 Å². The SMILES string of the molecule is Cc1nc2nc(C(F)(F)F)nn2c(C)c1CCC(=O)n1ccccc1=NC(C)C. The third-order valence-electron chi connectivity index (χ3n) is 4.39. The van der Waals surface area contributed by atoms with E-state index >= 15 is 0 Å². The van der Waals surface area contributed by atoms with Crippen molar-refractivity contribution in [1.82, 2.24) is 24.1 Å². The maximum Gasteiger partial charge on any atom is 0.453 e. The van der Waals surface area contributed by atoms with Gasteiger partial charge in [-0.15, -0.1) is 5.10 Å². The topological polar surface area (TPSA) is 77.4 Å². The third kappa shape index (κ3) is 4.36. The number of carbonyl (C=O) groups is 1. The lowest BCUT2D eigenvalue weighted by Gasteiger charge is -2.11. The van der Waals surface area contributed by atoms with Crippen molar-refractivity contribution in [3.05, 3.63) is 52.7 Å². The highest BCUT2D eigenvalue weighted by atomic mass is 19.4. The first-order chi connectivity index (χ1) is 13.6. The number of hydrogen-bond donors (Lipinski definition) is 0. The van der Waals surface area contributed by atoms with Gasteiger partial charge in [-0.25, -0.2) is 9.50 Å². The molecular weight excluding hydrogens is 385 g/mol. The van der Waals surface area contributed by atoms with Gasteiger partial charge < -0.3 is 0 Å². The fourth-order valence-corrected chi connectivity index (χ4v) is 3.06. The Labute approximate surface area is 165 Å². The maximum absolute atomic E-state index is 12.9. The van der Waals surface area contributed by atoms with E-state index < -0.39 is 12.0 Å². The highest BCUT2D eigenvalue weighted by molar-refractivity contribution is 5.78. The highest BCUT2D eigenvalue weighted by Gasteiger charge is 2.36. The van der Waals surface area contributed by atoms with E-state index in [1.54, 1.807) is 38.2 Å². The molecule has 0 aliphatic carbocycles. The summed E-state index contributed by atoms with van der Waals surface area (Å²) < 4.78 is 41.3. The van der Waals surface area contributed by atoms with Crippen LogP contribution in [-0.4, -0.2) is 36.1 Å². The van der Waals surface area contributed by atoms with Gasteiger partial charge in [0.15, 0.2) is 0 Å². The summed E-state index contributed by atoms with van der Waals surface area (Å²) in [5.41, 5.74) is 2.23. The monoisotopic (exact) mass is 406 g/mol. The standard InChI is InChI=1S/C19H21F3N6O/c1-11(2)23-15-7-5-6-10-27(15)16(29)9-8-14-12(3)24-18-25-17(19(20,21)22)26-28(18)13(14)4/h5-7,10-11H,8-9H2,1-4H3. The van der Waals surface area contributed by atoms with Crippen molar-refractivity contribution in [3.63, 3.8) is 0 Å². The fourth-order valence-electron chi connectivity index (χ4n) is 3.06. The Morgan fingerprint density at radius 1 is 1.21 bits per heavy atom. The minimum atomic E-state index is -4.65. The number of carbonyl (C=O) groups excluding carboxylic acids is 1. The molecule has 0 aliphatic rings. The fraction of sp³-hybridized carbons (Fsp3) is 0.421. The Kier molecular flexibility index (Phi) is 5.54. The van der Waals surface area contributed by atoms with E-state index in [9.17, 15) is 18.0 Å². The number of alkyl halides is 3. The van der Waals surface area contributed by atoms with Gasteiger partial charge in [-0.2, -0.15) is 18.2 Å². The van der Waals surface area contributed by atoms with Crippen LogP contribution in [0.4, 0.5) is 13.2 Å². The second-order valence-corrected chi connectivity index (χ2v) is 6.95. The van der Waals surface area contributed by atoms with Crippen LogP contribution in [0.15, 0.2) is 29.4 Å². The van der Waals surface area contributed by atoms with Gasteiger partial charge in [0.25, 0.3) is 11.6 Å². The molecule has 10 heteroatoms. The van der Waals surface area contributed by atoms with Crippen LogP contribution in [0, 0.1) is 13.8 Å². The molecule has 0 fully saturated rings. The average molecular weight is 406 g/mol. The molecule has 0 radical (unpaired) electrons. The Hall–Kier alpha value is -3.04. The van der Waals surface area contributed by atoms with Crippen molar-refractivity contribution in [2.24, 2.45) is 4.99 Å². The summed E-state index contributed by atoms with van der Waals surface area (Å²) in [6, 6.07) is 5.34. The number of nitrogens with zero attached hydrogens (tertiary/aromatic N) is 6. The molecule has 0 unspecified atom stereocenters. The van der Waals surface area contributed by atoms with Gasteiger partial charge in [0.2, 0.25) is 5.91 Å². The number of hydrogen-bond acceptors (Lipinski definition) is 5. The summed E-state index contributed by atoms with van der Waals surface area (Å²) in [6.07, 6.45) is -2.54. The first kappa shape index (κ1) is 20.7. The lowest BCUT2D eigenvalue weighted by Crippen LogP contribution is -2.28. The van der Waals surface area contributed by atoms with E-state index in [1.807, 2.05) is 13.8 Å². The Morgan fingerprint density at radius 3 is 2.59 bits per heavy atom. The number of pyridine rings is 1. The van der Waals surface area contributed by atoms with Gasteiger partial charge in [0, 0.05) is 30.0 Å². The van der Waals surface area contributed by atoms with Gasteiger partial charge in [0.1, 0.15) is 5.49 Å². The summed E-state index contributed by atoms with van der Waals surface area (Å²) in [6.45, 7) is 7.17. The maximum atomic E-state index is 12.9. The second-order valence-electron chi connectivity index (χ2n) is 6.95. The van der Waals surface area contributed by atoms with Crippen molar-refractivity contribution >= 4 is 11.7 Å². The van der Waals surface area contributed by atoms with Crippen LogP contribution in [-0.2, 0) is 12.6 Å². The normalized spacial score (nSPS) is 12.9. The zero-order chi connectivity index (χ0) is 21.3. The van der Waals surface area contributed by atoms with E-state index in [0.29, 0.717) is 28.9 Å². The van der Waals surface area contributed by atoms with E-state index in [2.05, 4.69) is 20.1 Å². The zero-order valence-corrected chi connectivity index (χ0v) is 16.5. The van der Waals surface area contributed by atoms with Crippen LogP contribution in [0.1, 0.15) is 47.8 Å². The molecule has 3 heterocycles. The van der Waals surface area contributed by atoms with E-state index in [4.69, 9.17) is 0 Å². The summed E-state index contributed by atoms with van der Waals surface area (Å²) >= 11 is 0. The van der Waals surface area contributed by atoms with Crippen molar-refractivity contribution < 1.29 is 18.0 Å².